The van der Waals surface area contributed by atoms with Crippen LogP contribution in [0.4, 0.5) is 17.4 Å². The van der Waals surface area contributed by atoms with Gasteiger partial charge in [0.25, 0.3) is 0 Å². The van der Waals surface area contributed by atoms with E-state index < -0.39 is 0 Å². The van der Waals surface area contributed by atoms with Crippen molar-refractivity contribution in [2.24, 2.45) is 0 Å². The molecule has 0 aliphatic rings. The van der Waals surface area contributed by atoms with Gasteiger partial charge in [0.2, 0.25) is 0 Å². The minimum atomic E-state index is 0.459. The molecule has 0 aliphatic heterocycles. The van der Waals surface area contributed by atoms with Gasteiger partial charge in [-0.1, -0.05) is 6.07 Å². The number of aromatic nitrogens is 1. The van der Waals surface area contributed by atoms with Gasteiger partial charge in [0, 0.05) is 24.5 Å². The second-order valence-electron chi connectivity index (χ2n) is 4.44. The number of benzene rings is 2. The first-order valence-corrected chi connectivity index (χ1v) is 6.07. The van der Waals surface area contributed by atoms with Crippen LogP contribution in [0.15, 0.2) is 46.9 Å². The fourth-order valence-corrected chi connectivity index (χ4v) is 1.97. The maximum absolute atomic E-state index is 8.94. The molecule has 2 N–H and O–H groups in total. The van der Waals surface area contributed by atoms with Crippen LogP contribution in [-0.4, -0.2) is 12.0 Å². The van der Waals surface area contributed by atoms with Crippen molar-refractivity contribution in [3.8, 4) is 6.07 Å². The van der Waals surface area contributed by atoms with Gasteiger partial charge in [-0.25, -0.2) is 0 Å². The molecule has 0 saturated carbocycles. The number of anilines is 3. The van der Waals surface area contributed by atoms with Crippen molar-refractivity contribution in [3.05, 3.63) is 48.0 Å². The lowest BCUT2D eigenvalue weighted by atomic mass is 10.2. The Morgan fingerprint density at radius 1 is 1.25 bits per heavy atom. The summed E-state index contributed by atoms with van der Waals surface area (Å²) in [7, 11) is 1.84. The Labute approximate surface area is 115 Å². The molecule has 3 aromatic rings. The quantitative estimate of drug-likeness (QED) is 0.719. The van der Waals surface area contributed by atoms with Gasteiger partial charge in [-0.3, -0.25) is 4.90 Å². The van der Waals surface area contributed by atoms with Crippen LogP contribution in [0, 0.1) is 11.3 Å². The number of oxazole rings is 1. The van der Waals surface area contributed by atoms with Gasteiger partial charge in [0.15, 0.2) is 5.58 Å². The molecule has 0 aliphatic carbocycles. The van der Waals surface area contributed by atoms with E-state index in [0.29, 0.717) is 22.8 Å². The third-order valence-electron chi connectivity index (χ3n) is 3.05. The average molecular weight is 264 g/mol. The summed E-state index contributed by atoms with van der Waals surface area (Å²) in [5.74, 6) is 0. The molecule has 0 atom stereocenters. The highest BCUT2D eigenvalue weighted by Gasteiger charge is 2.12. The molecule has 3 rings (SSSR count). The van der Waals surface area contributed by atoms with Gasteiger partial charge >= 0.3 is 6.01 Å². The van der Waals surface area contributed by atoms with Crippen LogP contribution >= 0.6 is 0 Å². The SMILES string of the molecule is CN(c1cccc(C#N)c1)c1nc2ccc(N)cc2o1. The van der Waals surface area contributed by atoms with E-state index in [0.717, 1.165) is 11.2 Å². The minimum Gasteiger partial charge on any atom is -0.423 e. The van der Waals surface area contributed by atoms with Crippen LogP contribution in [0.2, 0.25) is 0 Å². The number of fused-ring (bicyclic) bond motifs is 1. The number of hydrogen-bond donors (Lipinski definition) is 1. The summed E-state index contributed by atoms with van der Waals surface area (Å²) >= 11 is 0. The minimum absolute atomic E-state index is 0.459. The summed E-state index contributed by atoms with van der Waals surface area (Å²) in [5.41, 5.74) is 9.17. The van der Waals surface area contributed by atoms with Gasteiger partial charge < -0.3 is 10.2 Å². The highest BCUT2D eigenvalue weighted by molar-refractivity contribution is 5.79. The highest BCUT2D eigenvalue weighted by atomic mass is 16.4. The Bertz CT molecular complexity index is 816. The van der Waals surface area contributed by atoms with Crippen molar-refractivity contribution in [2.45, 2.75) is 0 Å². The zero-order chi connectivity index (χ0) is 14.1. The smallest absolute Gasteiger partial charge is 0.302 e. The van der Waals surface area contributed by atoms with Crippen LogP contribution in [-0.2, 0) is 0 Å². The monoisotopic (exact) mass is 264 g/mol. The zero-order valence-corrected chi connectivity index (χ0v) is 10.9. The summed E-state index contributed by atoms with van der Waals surface area (Å²) in [6.07, 6.45) is 0. The number of nitrogens with two attached hydrogens (primary N) is 1. The third kappa shape index (κ3) is 2.04. The van der Waals surface area contributed by atoms with E-state index >= 15 is 0 Å². The first-order valence-electron chi connectivity index (χ1n) is 6.07. The van der Waals surface area contributed by atoms with Gasteiger partial charge in [-0.2, -0.15) is 10.2 Å². The predicted octanol–water partition coefficient (Wildman–Crippen LogP) is 3.05. The van der Waals surface area contributed by atoms with Crippen LogP contribution in [0.3, 0.4) is 0 Å². The van der Waals surface area contributed by atoms with E-state index in [1.165, 1.54) is 0 Å². The molecule has 98 valence electrons. The first kappa shape index (κ1) is 12.1. The Kier molecular flexibility index (Phi) is 2.77. The molecule has 2 aromatic carbocycles. The molecule has 0 fully saturated rings. The second kappa shape index (κ2) is 4.59. The summed E-state index contributed by atoms with van der Waals surface area (Å²) in [6.45, 7) is 0. The summed E-state index contributed by atoms with van der Waals surface area (Å²) in [6, 6.07) is 15.2. The zero-order valence-electron chi connectivity index (χ0n) is 10.9. The van der Waals surface area contributed by atoms with Gasteiger partial charge in [-0.15, -0.1) is 0 Å². The number of rotatable bonds is 2. The van der Waals surface area contributed by atoms with E-state index in [-0.39, 0.29) is 0 Å². The molecule has 0 radical (unpaired) electrons. The Morgan fingerprint density at radius 3 is 2.90 bits per heavy atom. The van der Waals surface area contributed by atoms with E-state index in [9.17, 15) is 0 Å². The Balaban J connectivity index is 2.03. The largest absolute Gasteiger partial charge is 0.423 e. The lowest BCUT2D eigenvalue weighted by Crippen LogP contribution is -2.09. The number of nitriles is 1. The molecule has 1 aromatic heterocycles. The molecular formula is C15H12N4O. The molecular weight excluding hydrogens is 252 g/mol. The summed E-state index contributed by atoms with van der Waals surface area (Å²) in [4.78, 5) is 6.20. The van der Waals surface area contributed by atoms with Crippen molar-refractivity contribution >= 4 is 28.5 Å². The summed E-state index contributed by atoms with van der Waals surface area (Å²) < 4.78 is 5.69. The fourth-order valence-electron chi connectivity index (χ4n) is 1.97. The fraction of sp³-hybridized carbons (Fsp3) is 0.0667. The normalized spacial score (nSPS) is 10.4. The maximum atomic E-state index is 8.94. The number of nitrogen functional groups attached to an aromatic ring is 1. The van der Waals surface area contributed by atoms with Crippen molar-refractivity contribution in [1.82, 2.24) is 4.98 Å². The van der Waals surface area contributed by atoms with Crippen molar-refractivity contribution in [3.63, 3.8) is 0 Å². The van der Waals surface area contributed by atoms with Crippen LogP contribution in [0.1, 0.15) is 5.56 Å². The molecule has 0 spiro atoms. The molecule has 0 unspecified atom stereocenters. The first-order chi connectivity index (χ1) is 9.67. The molecule has 0 saturated heterocycles. The van der Waals surface area contributed by atoms with E-state index in [1.54, 1.807) is 29.2 Å². The standard InChI is InChI=1S/C15H12N4O/c1-19(12-4-2-3-10(7-12)9-16)15-18-13-6-5-11(17)8-14(13)20-15/h2-8H,17H2,1H3. The van der Waals surface area contributed by atoms with Crippen molar-refractivity contribution in [1.29, 1.82) is 5.26 Å². The lowest BCUT2D eigenvalue weighted by molar-refractivity contribution is 0.603. The lowest BCUT2D eigenvalue weighted by Gasteiger charge is -2.14. The Hall–Kier alpha value is -3.00. The van der Waals surface area contributed by atoms with Crippen molar-refractivity contribution in [2.75, 3.05) is 17.7 Å². The molecule has 0 bridgehead atoms. The van der Waals surface area contributed by atoms with Crippen LogP contribution in [0.5, 0.6) is 0 Å². The average Bonchev–Trinajstić information content (AvgIpc) is 2.89. The molecule has 1 heterocycles. The van der Waals surface area contributed by atoms with E-state index in [4.69, 9.17) is 15.4 Å². The van der Waals surface area contributed by atoms with Crippen LogP contribution < -0.4 is 10.6 Å². The second-order valence-corrected chi connectivity index (χ2v) is 4.44. The molecule has 0 amide bonds. The maximum Gasteiger partial charge on any atom is 0.302 e. The summed E-state index contributed by atoms with van der Waals surface area (Å²) in [5, 5.41) is 8.94. The van der Waals surface area contributed by atoms with E-state index in [1.807, 2.05) is 25.2 Å². The molecule has 20 heavy (non-hydrogen) atoms. The number of hydrogen-bond acceptors (Lipinski definition) is 5. The van der Waals surface area contributed by atoms with Crippen LogP contribution in [0.25, 0.3) is 11.1 Å². The predicted molar refractivity (Wildman–Crippen MR) is 77.6 cm³/mol. The number of nitrogens with zero attached hydrogens (tertiary/aromatic N) is 3. The Morgan fingerprint density at radius 2 is 2.10 bits per heavy atom. The van der Waals surface area contributed by atoms with Crippen molar-refractivity contribution < 1.29 is 4.42 Å². The molecule has 5 heteroatoms. The molecule has 5 nitrogen and oxygen atoms in total. The highest BCUT2D eigenvalue weighted by Crippen LogP contribution is 2.28. The van der Waals surface area contributed by atoms with Gasteiger partial charge in [-0.05, 0) is 30.3 Å². The van der Waals surface area contributed by atoms with E-state index in [2.05, 4.69) is 11.1 Å². The third-order valence-corrected chi connectivity index (χ3v) is 3.05. The van der Waals surface area contributed by atoms with Gasteiger partial charge in [0.05, 0.1) is 11.6 Å². The topological polar surface area (TPSA) is 79.1 Å². The van der Waals surface area contributed by atoms with Gasteiger partial charge in [0.1, 0.15) is 5.52 Å².